The molecule has 0 amide bonds. The topological polar surface area (TPSA) is 99.0 Å². The van der Waals surface area contributed by atoms with Crippen LogP contribution in [0.3, 0.4) is 0 Å². The van der Waals surface area contributed by atoms with Crippen molar-refractivity contribution in [3.8, 4) is 5.88 Å². The molecule has 0 radical (unpaired) electrons. The molecule has 0 atom stereocenters. The molecule has 2 heterocycles. The van der Waals surface area contributed by atoms with Gasteiger partial charge >= 0.3 is 6.61 Å². The van der Waals surface area contributed by atoms with Gasteiger partial charge in [0, 0.05) is 25.1 Å². The normalized spacial score (nSPS) is 11.7. The Morgan fingerprint density at radius 1 is 1.30 bits per heavy atom. The number of sulfonamides is 1. The van der Waals surface area contributed by atoms with Crippen LogP contribution in [0.2, 0.25) is 0 Å². The number of nitrogens with one attached hydrogen (secondary N) is 1. The number of halogens is 3. The van der Waals surface area contributed by atoms with Gasteiger partial charge in [-0.05, 0) is 24.1 Å². The Morgan fingerprint density at radius 3 is 2.73 bits per heavy atom. The Bertz CT molecular complexity index is 1160. The fraction of sp³-hybridized carbons (Fsp3) is 0.235. The van der Waals surface area contributed by atoms with Crippen molar-refractivity contribution in [2.45, 2.75) is 29.5 Å². The molecule has 0 bridgehead atoms. The Labute approximate surface area is 174 Å². The first kappa shape index (κ1) is 21.9. The quantitative estimate of drug-likeness (QED) is 0.407. The second kappa shape index (κ2) is 8.92. The molecule has 0 aliphatic heterocycles. The van der Waals surface area contributed by atoms with Gasteiger partial charge in [-0.15, -0.1) is 0 Å². The lowest BCUT2D eigenvalue weighted by molar-refractivity contribution is -0.0532. The van der Waals surface area contributed by atoms with Crippen LogP contribution in [0.25, 0.3) is 0 Å². The molecule has 0 saturated carbocycles. The molecule has 2 aromatic heterocycles. The summed E-state index contributed by atoms with van der Waals surface area (Å²) in [7, 11) is -2.52. The lowest BCUT2D eigenvalue weighted by Gasteiger charge is -2.11. The zero-order valence-corrected chi connectivity index (χ0v) is 17.3. The van der Waals surface area contributed by atoms with Gasteiger partial charge in [-0.3, -0.25) is 4.72 Å². The third-order valence-electron chi connectivity index (χ3n) is 3.82. The summed E-state index contributed by atoms with van der Waals surface area (Å²) in [6.45, 7) is -1.56. The monoisotopic (exact) mass is 459 g/mol. The number of thioether (sulfide) groups is 1. The number of nitrogens with zero attached hydrogens (tertiary/aromatic N) is 4. The van der Waals surface area contributed by atoms with Crippen LogP contribution in [0, 0.1) is 12.7 Å². The maximum atomic E-state index is 13.7. The number of benzene rings is 1. The average molecular weight is 459 g/mol. The number of alkyl halides is 2. The van der Waals surface area contributed by atoms with Gasteiger partial charge in [0.1, 0.15) is 11.6 Å². The number of aromatic nitrogens is 4. The second-order valence-electron chi connectivity index (χ2n) is 6.05. The van der Waals surface area contributed by atoms with E-state index in [-0.39, 0.29) is 27.6 Å². The van der Waals surface area contributed by atoms with Crippen molar-refractivity contribution in [2.24, 2.45) is 7.05 Å². The minimum atomic E-state index is -4.11. The standard InChI is InChI=1S/C17H16F3N5O3S2/c1-10-11(4-3-5-12(10)18)8-29-17-22-13(6-14(23-17)28-16(19)20)24-30(26,27)15-7-25(2)9-21-15/h3-7,9,16H,8H2,1-2H3,(H,22,23,24). The Hall–Kier alpha value is -2.80. The van der Waals surface area contributed by atoms with Gasteiger partial charge in [-0.25, -0.2) is 14.4 Å². The van der Waals surface area contributed by atoms with Crippen molar-refractivity contribution < 1.29 is 26.3 Å². The first-order valence-electron chi connectivity index (χ1n) is 8.35. The number of rotatable bonds is 8. The molecular formula is C17H16F3N5O3S2. The minimum absolute atomic E-state index is 0.0319. The first-order chi connectivity index (χ1) is 14.1. The van der Waals surface area contributed by atoms with Gasteiger partial charge in [-0.2, -0.15) is 22.2 Å². The lowest BCUT2D eigenvalue weighted by atomic mass is 10.1. The highest BCUT2D eigenvalue weighted by molar-refractivity contribution is 7.98. The van der Waals surface area contributed by atoms with E-state index in [9.17, 15) is 21.6 Å². The van der Waals surface area contributed by atoms with E-state index in [4.69, 9.17) is 0 Å². The summed E-state index contributed by atoms with van der Waals surface area (Å²) >= 11 is 1.01. The van der Waals surface area contributed by atoms with Crippen molar-refractivity contribution in [3.63, 3.8) is 0 Å². The number of imidazole rings is 1. The molecule has 0 fully saturated rings. The van der Waals surface area contributed by atoms with E-state index in [0.717, 1.165) is 17.8 Å². The predicted octanol–water partition coefficient (Wildman–Crippen LogP) is 3.35. The maximum Gasteiger partial charge on any atom is 0.388 e. The van der Waals surface area contributed by atoms with Crippen LogP contribution in [-0.2, 0) is 22.8 Å². The highest BCUT2D eigenvalue weighted by atomic mass is 32.2. The van der Waals surface area contributed by atoms with Gasteiger partial charge in [0.05, 0.1) is 6.33 Å². The number of anilines is 1. The third-order valence-corrected chi connectivity index (χ3v) is 5.96. The van der Waals surface area contributed by atoms with Crippen LogP contribution in [0.4, 0.5) is 19.0 Å². The van der Waals surface area contributed by atoms with E-state index in [1.807, 2.05) is 0 Å². The summed E-state index contributed by atoms with van der Waals surface area (Å²) in [6, 6.07) is 5.50. The smallest absolute Gasteiger partial charge is 0.388 e. The SMILES string of the molecule is Cc1c(F)cccc1CSc1nc(NS(=O)(=O)c2cn(C)cn2)cc(OC(F)F)n1. The van der Waals surface area contributed by atoms with Crippen LogP contribution >= 0.6 is 11.8 Å². The van der Waals surface area contributed by atoms with E-state index < -0.39 is 22.5 Å². The van der Waals surface area contributed by atoms with E-state index in [0.29, 0.717) is 11.1 Å². The highest BCUT2D eigenvalue weighted by Gasteiger charge is 2.20. The molecule has 1 aromatic carbocycles. The fourth-order valence-electron chi connectivity index (χ4n) is 2.34. The maximum absolute atomic E-state index is 13.7. The Morgan fingerprint density at radius 2 is 2.07 bits per heavy atom. The van der Waals surface area contributed by atoms with Crippen molar-refractivity contribution in [3.05, 3.63) is 53.7 Å². The van der Waals surface area contributed by atoms with Crippen molar-refractivity contribution >= 4 is 27.6 Å². The zero-order valence-electron chi connectivity index (χ0n) is 15.7. The molecule has 0 unspecified atom stereocenters. The summed E-state index contributed by atoms with van der Waals surface area (Å²) < 4.78 is 71.8. The van der Waals surface area contributed by atoms with Crippen LogP contribution < -0.4 is 9.46 Å². The van der Waals surface area contributed by atoms with E-state index >= 15 is 0 Å². The molecule has 160 valence electrons. The van der Waals surface area contributed by atoms with E-state index in [1.54, 1.807) is 26.1 Å². The summed E-state index contributed by atoms with van der Waals surface area (Å²) in [5, 5.41) is -0.305. The first-order valence-corrected chi connectivity index (χ1v) is 10.8. The molecule has 3 rings (SSSR count). The van der Waals surface area contributed by atoms with Crippen LogP contribution in [0.15, 0.2) is 47.0 Å². The zero-order chi connectivity index (χ0) is 21.9. The van der Waals surface area contributed by atoms with Crippen molar-refractivity contribution in [1.82, 2.24) is 19.5 Å². The molecular weight excluding hydrogens is 443 g/mol. The molecule has 0 aliphatic carbocycles. The summed E-state index contributed by atoms with van der Waals surface area (Å²) in [5.41, 5.74) is 1.08. The molecule has 1 N–H and O–H groups in total. The molecule has 0 spiro atoms. The highest BCUT2D eigenvalue weighted by Crippen LogP contribution is 2.27. The molecule has 13 heteroatoms. The predicted molar refractivity (Wildman–Crippen MR) is 103 cm³/mol. The number of hydrogen-bond acceptors (Lipinski definition) is 7. The van der Waals surface area contributed by atoms with Gasteiger partial charge in [-0.1, -0.05) is 23.9 Å². The summed E-state index contributed by atoms with van der Waals surface area (Å²) in [4.78, 5) is 11.6. The average Bonchev–Trinajstić information content (AvgIpc) is 3.09. The van der Waals surface area contributed by atoms with Gasteiger partial charge in [0.25, 0.3) is 10.0 Å². The van der Waals surface area contributed by atoms with Crippen LogP contribution in [0.5, 0.6) is 5.88 Å². The molecule has 0 saturated heterocycles. The minimum Gasteiger partial charge on any atom is -0.417 e. The fourth-order valence-corrected chi connectivity index (χ4v) is 4.23. The van der Waals surface area contributed by atoms with E-state index in [2.05, 4.69) is 24.4 Å². The third kappa shape index (κ3) is 5.42. The number of ether oxygens (including phenoxy) is 1. The molecule has 8 nitrogen and oxygen atoms in total. The van der Waals surface area contributed by atoms with Crippen molar-refractivity contribution in [2.75, 3.05) is 4.72 Å². The lowest BCUT2D eigenvalue weighted by Crippen LogP contribution is -2.15. The van der Waals surface area contributed by atoms with Crippen LogP contribution in [0.1, 0.15) is 11.1 Å². The number of hydrogen-bond donors (Lipinski definition) is 1. The second-order valence-corrected chi connectivity index (χ2v) is 8.62. The molecule has 0 aliphatic rings. The van der Waals surface area contributed by atoms with Crippen molar-refractivity contribution in [1.29, 1.82) is 0 Å². The Kier molecular flexibility index (Phi) is 6.51. The van der Waals surface area contributed by atoms with Gasteiger partial charge in [0.15, 0.2) is 10.2 Å². The summed E-state index contributed by atoms with van der Waals surface area (Å²) in [5.74, 6) is -0.941. The summed E-state index contributed by atoms with van der Waals surface area (Å²) in [6.07, 6.45) is 2.56. The number of aryl methyl sites for hydroxylation is 1. The molecule has 3 aromatic rings. The van der Waals surface area contributed by atoms with Crippen LogP contribution in [-0.4, -0.2) is 34.5 Å². The van der Waals surface area contributed by atoms with E-state index in [1.165, 1.54) is 23.2 Å². The Balaban J connectivity index is 1.87. The molecule has 30 heavy (non-hydrogen) atoms. The largest absolute Gasteiger partial charge is 0.417 e. The van der Waals surface area contributed by atoms with Gasteiger partial charge in [0.2, 0.25) is 5.88 Å². The van der Waals surface area contributed by atoms with Gasteiger partial charge < -0.3 is 9.30 Å².